The monoisotopic (exact) mass is 315 g/mol. The normalized spacial score (nSPS) is 20.9. The smallest absolute Gasteiger partial charge is 0.340 e. The van der Waals surface area contributed by atoms with Gasteiger partial charge in [-0.2, -0.15) is 13.2 Å². The van der Waals surface area contributed by atoms with Crippen molar-refractivity contribution in [2.24, 2.45) is 0 Å². The molecule has 1 saturated heterocycles. The number of amides is 1. The van der Waals surface area contributed by atoms with Crippen molar-refractivity contribution >= 4 is 21.8 Å². The molecule has 0 aromatic rings. The third-order valence-electron chi connectivity index (χ3n) is 2.99. The van der Waals surface area contributed by atoms with Crippen LogP contribution in [0, 0.1) is 0 Å². The molecule has 1 aliphatic rings. The lowest BCUT2D eigenvalue weighted by molar-refractivity contribution is -0.149. The molecule has 0 N–H and O–H groups in total. The van der Waals surface area contributed by atoms with E-state index in [9.17, 15) is 18.0 Å². The minimum atomic E-state index is -4.24. The van der Waals surface area contributed by atoms with Crippen molar-refractivity contribution in [3.8, 4) is 0 Å². The highest BCUT2D eigenvalue weighted by atomic mass is 79.9. The van der Waals surface area contributed by atoms with E-state index in [4.69, 9.17) is 0 Å². The first-order valence-electron chi connectivity index (χ1n) is 5.86. The first kappa shape index (κ1) is 14.8. The predicted octanol–water partition coefficient (Wildman–Crippen LogP) is 3.50. The Balaban J connectivity index is 2.39. The van der Waals surface area contributed by atoms with Gasteiger partial charge in [-0.3, -0.25) is 4.79 Å². The molecule has 17 heavy (non-hydrogen) atoms. The van der Waals surface area contributed by atoms with E-state index in [1.54, 1.807) is 4.90 Å². The van der Waals surface area contributed by atoms with Crippen molar-refractivity contribution in [2.45, 2.75) is 50.7 Å². The van der Waals surface area contributed by atoms with Crippen LogP contribution >= 0.6 is 15.9 Å². The van der Waals surface area contributed by atoms with Gasteiger partial charge in [0.1, 0.15) is 0 Å². The minimum Gasteiger partial charge on any atom is -0.340 e. The van der Waals surface area contributed by atoms with Crippen LogP contribution in [0.1, 0.15) is 38.5 Å². The number of hydrogen-bond donors (Lipinski definition) is 0. The molecule has 1 aliphatic heterocycles. The number of alkyl halides is 4. The second kappa shape index (κ2) is 6.61. The van der Waals surface area contributed by atoms with Crippen molar-refractivity contribution in [3.63, 3.8) is 0 Å². The van der Waals surface area contributed by atoms with E-state index in [0.717, 1.165) is 31.0 Å². The molecular weight excluding hydrogens is 299 g/mol. The van der Waals surface area contributed by atoms with Crippen LogP contribution in [-0.2, 0) is 4.79 Å². The van der Waals surface area contributed by atoms with Gasteiger partial charge in [-0.15, -0.1) is 0 Å². The second-order valence-electron chi connectivity index (χ2n) is 4.33. The maximum atomic E-state index is 12.0. The molecular formula is C11H17BrF3NO. The van der Waals surface area contributed by atoms with Gasteiger partial charge in [0, 0.05) is 24.3 Å². The summed E-state index contributed by atoms with van der Waals surface area (Å²) in [4.78, 5) is 13.3. The number of likely N-dealkylation sites (tertiary alicyclic amines) is 1. The van der Waals surface area contributed by atoms with E-state index < -0.39 is 19.0 Å². The highest BCUT2D eigenvalue weighted by Gasteiger charge is 2.32. The van der Waals surface area contributed by atoms with Gasteiger partial charge < -0.3 is 4.90 Å². The largest absolute Gasteiger partial charge is 0.389 e. The Labute approximate surface area is 108 Å². The van der Waals surface area contributed by atoms with E-state index in [1.165, 1.54) is 0 Å². The average molecular weight is 316 g/mol. The van der Waals surface area contributed by atoms with Gasteiger partial charge in [-0.25, -0.2) is 0 Å². The summed E-state index contributed by atoms with van der Waals surface area (Å²) in [6, 6.07) is 0.147. The lowest BCUT2D eigenvalue weighted by atomic mass is 10.1. The van der Waals surface area contributed by atoms with Crippen LogP contribution in [0.15, 0.2) is 0 Å². The maximum Gasteiger partial charge on any atom is 0.389 e. The Morgan fingerprint density at radius 2 is 2.12 bits per heavy atom. The molecule has 0 saturated carbocycles. The molecule has 0 aliphatic carbocycles. The predicted molar refractivity (Wildman–Crippen MR) is 63.1 cm³/mol. The molecule has 2 nitrogen and oxygen atoms in total. The molecule has 0 aromatic carbocycles. The molecule has 1 unspecified atom stereocenters. The summed E-state index contributed by atoms with van der Waals surface area (Å²) in [5.41, 5.74) is 0. The summed E-state index contributed by atoms with van der Waals surface area (Å²) in [7, 11) is 0. The zero-order valence-corrected chi connectivity index (χ0v) is 11.2. The molecule has 1 amide bonds. The maximum absolute atomic E-state index is 12.0. The van der Waals surface area contributed by atoms with Crippen LogP contribution in [0.2, 0.25) is 0 Å². The number of carbonyl (C=O) groups is 1. The van der Waals surface area contributed by atoms with Crippen LogP contribution in [0.4, 0.5) is 13.2 Å². The molecule has 100 valence electrons. The van der Waals surface area contributed by atoms with Crippen molar-refractivity contribution in [1.29, 1.82) is 0 Å². The Bertz CT molecular complexity index is 258. The summed E-state index contributed by atoms with van der Waals surface area (Å²) >= 11 is 3.32. The SMILES string of the molecule is O=C(CCC(F)(F)F)N1CCCC1CCCBr. The fraction of sp³-hybridized carbons (Fsp3) is 0.909. The Kier molecular flexibility index (Phi) is 5.76. The third kappa shape index (κ3) is 5.27. The summed E-state index contributed by atoms with van der Waals surface area (Å²) in [6.07, 6.45) is -1.99. The fourth-order valence-electron chi connectivity index (χ4n) is 2.17. The highest BCUT2D eigenvalue weighted by Crippen LogP contribution is 2.26. The quantitative estimate of drug-likeness (QED) is 0.711. The molecule has 1 rings (SSSR count). The standard InChI is InChI=1S/C11H17BrF3NO/c12-7-1-3-9-4-2-8-16(9)10(17)5-6-11(13,14)15/h9H,1-8H2. The van der Waals surface area contributed by atoms with Gasteiger partial charge in [0.25, 0.3) is 0 Å². The van der Waals surface area contributed by atoms with Crippen molar-refractivity contribution in [2.75, 3.05) is 11.9 Å². The van der Waals surface area contributed by atoms with Gasteiger partial charge in [0.05, 0.1) is 6.42 Å². The Hall–Kier alpha value is -0.260. The lowest BCUT2D eigenvalue weighted by Crippen LogP contribution is -2.36. The molecule has 0 spiro atoms. The van der Waals surface area contributed by atoms with Crippen LogP contribution in [0.25, 0.3) is 0 Å². The molecule has 0 aromatic heterocycles. The molecule has 0 bridgehead atoms. The van der Waals surface area contributed by atoms with Crippen molar-refractivity contribution in [1.82, 2.24) is 4.90 Å². The number of hydrogen-bond acceptors (Lipinski definition) is 1. The van der Waals surface area contributed by atoms with E-state index in [0.29, 0.717) is 6.54 Å². The lowest BCUT2D eigenvalue weighted by Gasteiger charge is -2.24. The molecule has 1 fully saturated rings. The molecule has 0 radical (unpaired) electrons. The van der Waals surface area contributed by atoms with Crippen molar-refractivity contribution in [3.05, 3.63) is 0 Å². The van der Waals surface area contributed by atoms with Gasteiger partial charge in [-0.05, 0) is 25.7 Å². The minimum absolute atomic E-state index is 0.147. The Morgan fingerprint density at radius 3 is 2.71 bits per heavy atom. The van der Waals surface area contributed by atoms with Crippen LogP contribution in [0.3, 0.4) is 0 Å². The summed E-state index contributed by atoms with van der Waals surface area (Å²) in [5.74, 6) is -0.348. The first-order valence-corrected chi connectivity index (χ1v) is 6.98. The van der Waals surface area contributed by atoms with Crippen LogP contribution in [0.5, 0.6) is 0 Å². The summed E-state index contributed by atoms with van der Waals surface area (Å²) in [5, 5.41) is 0.869. The number of halogens is 4. The number of rotatable bonds is 5. The topological polar surface area (TPSA) is 20.3 Å². The van der Waals surface area contributed by atoms with Gasteiger partial charge in [-0.1, -0.05) is 15.9 Å². The molecule has 6 heteroatoms. The van der Waals surface area contributed by atoms with Crippen LogP contribution in [-0.4, -0.2) is 34.9 Å². The number of carbonyl (C=O) groups excluding carboxylic acids is 1. The summed E-state index contributed by atoms with van der Waals surface area (Å²) < 4.78 is 36.1. The fourth-order valence-corrected chi connectivity index (χ4v) is 2.49. The zero-order valence-electron chi connectivity index (χ0n) is 9.60. The molecule has 1 atom stereocenters. The van der Waals surface area contributed by atoms with Gasteiger partial charge in [0.2, 0.25) is 5.91 Å². The third-order valence-corrected chi connectivity index (χ3v) is 3.55. The van der Waals surface area contributed by atoms with E-state index in [-0.39, 0.29) is 11.9 Å². The van der Waals surface area contributed by atoms with E-state index >= 15 is 0 Å². The van der Waals surface area contributed by atoms with E-state index in [2.05, 4.69) is 15.9 Å². The van der Waals surface area contributed by atoms with Crippen LogP contribution < -0.4 is 0 Å². The summed E-state index contributed by atoms with van der Waals surface area (Å²) in [6.45, 7) is 0.615. The van der Waals surface area contributed by atoms with Gasteiger partial charge >= 0.3 is 6.18 Å². The van der Waals surface area contributed by atoms with Crippen molar-refractivity contribution < 1.29 is 18.0 Å². The second-order valence-corrected chi connectivity index (χ2v) is 5.12. The van der Waals surface area contributed by atoms with E-state index in [1.807, 2.05) is 0 Å². The highest BCUT2D eigenvalue weighted by molar-refractivity contribution is 9.09. The van der Waals surface area contributed by atoms with Gasteiger partial charge in [0.15, 0.2) is 0 Å². The number of nitrogens with zero attached hydrogens (tertiary/aromatic N) is 1. The Morgan fingerprint density at radius 1 is 1.41 bits per heavy atom. The molecule has 1 heterocycles. The average Bonchev–Trinajstić information content (AvgIpc) is 2.70. The first-order chi connectivity index (χ1) is 7.94. The zero-order chi connectivity index (χ0) is 12.9.